The highest BCUT2D eigenvalue weighted by Crippen LogP contribution is 2.25. The molecule has 0 atom stereocenters. The summed E-state index contributed by atoms with van der Waals surface area (Å²) in [5, 5.41) is 2.31. The van der Waals surface area contributed by atoms with E-state index in [1.807, 2.05) is 0 Å². The summed E-state index contributed by atoms with van der Waals surface area (Å²) in [6, 6.07) is 7.66. The monoisotopic (exact) mass is 344 g/mol. The van der Waals surface area contributed by atoms with E-state index in [1.165, 1.54) is 30.3 Å². The molecule has 0 aliphatic heterocycles. The third kappa shape index (κ3) is 4.53. The maximum Gasteiger partial charge on any atom is 0.272 e. The first-order valence-electron chi connectivity index (χ1n) is 6.43. The number of carbonyl (C=O) groups excluding carboxylic acids is 1. The van der Waals surface area contributed by atoms with Crippen molar-refractivity contribution in [3.8, 4) is 5.75 Å². The van der Waals surface area contributed by atoms with E-state index in [0.29, 0.717) is 0 Å². The van der Waals surface area contributed by atoms with Crippen LogP contribution in [-0.4, -0.2) is 18.9 Å². The second-order valence-corrected chi connectivity index (χ2v) is 4.95. The average Bonchev–Trinajstić information content (AvgIpc) is 2.49. The Morgan fingerprint density at radius 1 is 1.26 bits per heavy atom. The largest absolute Gasteiger partial charge is 0.487 e. The topological polar surface area (TPSA) is 64.3 Å². The van der Waals surface area contributed by atoms with Gasteiger partial charge in [-0.15, -0.1) is 0 Å². The summed E-state index contributed by atoms with van der Waals surface area (Å²) in [5.41, 5.74) is 6.08. The molecule has 0 spiro atoms. The number of hydrogen-bond donors (Lipinski definition) is 2. The van der Waals surface area contributed by atoms with Crippen molar-refractivity contribution in [1.29, 1.82) is 0 Å². The molecule has 0 saturated carbocycles. The molecule has 2 rings (SSSR count). The number of nitrogens with one attached hydrogen (secondary N) is 1. The Kier molecular flexibility index (Phi) is 5.33. The molecule has 3 N–H and O–H groups in total. The predicted octanol–water partition coefficient (Wildman–Crippen LogP) is 3.96. The standard InChI is InChI=1S/C15H12ClF3N2O2/c16-11-6-9(2-3-12(11)17)21-15(22)10-5-8(20)1-4-13(10)23-7-14(18)19/h1-6,14H,7,20H2,(H,21,22). The van der Waals surface area contributed by atoms with Crippen molar-refractivity contribution < 1.29 is 22.7 Å². The molecular formula is C15H12ClF3N2O2. The molecule has 0 aromatic heterocycles. The molecule has 122 valence electrons. The van der Waals surface area contributed by atoms with Crippen molar-refractivity contribution in [1.82, 2.24) is 0 Å². The molecule has 0 bridgehead atoms. The molecule has 4 nitrogen and oxygen atoms in total. The normalized spacial score (nSPS) is 10.7. The zero-order chi connectivity index (χ0) is 17.0. The van der Waals surface area contributed by atoms with Crippen LogP contribution >= 0.6 is 11.6 Å². The van der Waals surface area contributed by atoms with Crippen molar-refractivity contribution in [2.24, 2.45) is 0 Å². The van der Waals surface area contributed by atoms with Gasteiger partial charge < -0.3 is 15.8 Å². The minimum Gasteiger partial charge on any atom is -0.487 e. The van der Waals surface area contributed by atoms with Gasteiger partial charge in [-0.25, -0.2) is 13.2 Å². The number of amides is 1. The first-order valence-corrected chi connectivity index (χ1v) is 6.81. The van der Waals surface area contributed by atoms with Gasteiger partial charge in [0.1, 0.15) is 18.2 Å². The molecule has 2 aromatic rings. The summed E-state index contributed by atoms with van der Waals surface area (Å²) in [4.78, 5) is 12.3. The second kappa shape index (κ2) is 7.23. The van der Waals surface area contributed by atoms with Gasteiger partial charge in [0.05, 0.1) is 10.6 Å². The Labute approximate surface area is 135 Å². The summed E-state index contributed by atoms with van der Waals surface area (Å²) in [6.07, 6.45) is -2.68. The Morgan fingerprint density at radius 3 is 2.65 bits per heavy atom. The van der Waals surface area contributed by atoms with E-state index in [1.54, 1.807) is 0 Å². The van der Waals surface area contributed by atoms with E-state index in [2.05, 4.69) is 5.32 Å². The molecule has 23 heavy (non-hydrogen) atoms. The highest BCUT2D eigenvalue weighted by molar-refractivity contribution is 6.31. The third-order valence-corrected chi connectivity index (χ3v) is 3.08. The Balaban J connectivity index is 2.23. The van der Waals surface area contributed by atoms with Crippen LogP contribution in [-0.2, 0) is 0 Å². The molecular weight excluding hydrogens is 333 g/mol. The van der Waals surface area contributed by atoms with Crippen LogP contribution in [0.1, 0.15) is 10.4 Å². The summed E-state index contributed by atoms with van der Waals surface area (Å²) >= 11 is 5.63. The lowest BCUT2D eigenvalue weighted by Gasteiger charge is -2.12. The van der Waals surface area contributed by atoms with E-state index in [9.17, 15) is 18.0 Å². The van der Waals surface area contributed by atoms with Crippen molar-refractivity contribution in [2.75, 3.05) is 17.7 Å². The summed E-state index contributed by atoms with van der Waals surface area (Å²) in [5.74, 6) is -1.32. The number of benzene rings is 2. The van der Waals surface area contributed by atoms with E-state index in [4.69, 9.17) is 22.1 Å². The summed E-state index contributed by atoms with van der Waals surface area (Å²) < 4.78 is 42.5. The molecule has 0 saturated heterocycles. The third-order valence-electron chi connectivity index (χ3n) is 2.79. The van der Waals surface area contributed by atoms with Gasteiger partial charge in [0.2, 0.25) is 0 Å². The van der Waals surface area contributed by atoms with Gasteiger partial charge in [0, 0.05) is 11.4 Å². The molecule has 0 heterocycles. The van der Waals surface area contributed by atoms with Gasteiger partial charge in [-0.1, -0.05) is 11.6 Å². The zero-order valence-electron chi connectivity index (χ0n) is 11.7. The van der Waals surface area contributed by atoms with Crippen molar-refractivity contribution in [3.63, 3.8) is 0 Å². The van der Waals surface area contributed by atoms with Crippen LogP contribution in [0.4, 0.5) is 24.5 Å². The smallest absolute Gasteiger partial charge is 0.272 e. The molecule has 0 aliphatic rings. The first kappa shape index (κ1) is 17.0. The molecule has 8 heteroatoms. The predicted molar refractivity (Wildman–Crippen MR) is 81.7 cm³/mol. The highest BCUT2D eigenvalue weighted by Gasteiger charge is 2.15. The fourth-order valence-corrected chi connectivity index (χ4v) is 1.96. The summed E-state index contributed by atoms with van der Waals surface area (Å²) in [6.45, 7) is -0.855. The van der Waals surface area contributed by atoms with Crippen molar-refractivity contribution in [3.05, 3.63) is 52.8 Å². The second-order valence-electron chi connectivity index (χ2n) is 4.54. The Morgan fingerprint density at radius 2 is 2.00 bits per heavy atom. The first-order chi connectivity index (χ1) is 10.9. The van der Waals surface area contributed by atoms with E-state index < -0.39 is 24.8 Å². The average molecular weight is 345 g/mol. The van der Waals surface area contributed by atoms with E-state index in [0.717, 1.165) is 6.07 Å². The number of anilines is 2. The number of halogens is 4. The van der Waals surface area contributed by atoms with Gasteiger partial charge in [-0.05, 0) is 36.4 Å². The quantitative estimate of drug-likeness (QED) is 0.807. The highest BCUT2D eigenvalue weighted by atomic mass is 35.5. The molecule has 2 aromatic carbocycles. The minimum atomic E-state index is -2.68. The van der Waals surface area contributed by atoms with Gasteiger partial charge in [-0.3, -0.25) is 4.79 Å². The molecule has 0 fully saturated rings. The summed E-state index contributed by atoms with van der Waals surface area (Å²) in [7, 11) is 0. The lowest BCUT2D eigenvalue weighted by Crippen LogP contribution is -2.16. The molecule has 0 radical (unpaired) electrons. The van der Waals surface area contributed by atoms with Gasteiger partial charge in [0.15, 0.2) is 0 Å². The van der Waals surface area contributed by atoms with Gasteiger partial charge in [-0.2, -0.15) is 0 Å². The number of alkyl halides is 2. The van der Waals surface area contributed by atoms with E-state index >= 15 is 0 Å². The van der Waals surface area contributed by atoms with Gasteiger partial charge in [0.25, 0.3) is 12.3 Å². The van der Waals surface area contributed by atoms with Crippen LogP contribution in [0, 0.1) is 5.82 Å². The van der Waals surface area contributed by atoms with E-state index in [-0.39, 0.29) is 27.7 Å². The molecule has 0 unspecified atom stereocenters. The fourth-order valence-electron chi connectivity index (χ4n) is 1.78. The molecule has 0 aliphatic carbocycles. The lowest BCUT2D eigenvalue weighted by atomic mass is 10.1. The number of rotatable bonds is 5. The minimum absolute atomic E-state index is 0.0221. The fraction of sp³-hybridized carbons (Fsp3) is 0.133. The van der Waals surface area contributed by atoms with Gasteiger partial charge >= 0.3 is 0 Å². The van der Waals surface area contributed by atoms with Crippen LogP contribution in [0.3, 0.4) is 0 Å². The lowest BCUT2D eigenvalue weighted by molar-refractivity contribution is 0.0803. The van der Waals surface area contributed by atoms with Crippen molar-refractivity contribution >= 4 is 28.9 Å². The number of nitrogens with two attached hydrogens (primary N) is 1. The number of carbonyl (C=O) groups is 1. The SMILES string of the molecule is Nc1ccc(OCC(F)F)c(C(=O)Nc2ccc(F)c(Cl)c2)c1. The number of nitrogen functional groups attached to an aromatic ring is 1. The number of ether oxygens (including phenoxy) is 1. The van der Waals surface area contributed by atoms with Crippen LogP contribution in [0.25, 0.3) is 0 Å². The Bertz CT molecular complexity index is 726. The van der Waals surface area contributed by atoms with Crippen LogP contribution < -0.4 is 15.8 Å². The van der Waals surface area contributed by atoms with Crippen molar-refractivity contribution in [2.45, 2.75) is 6.43 Å². The van der Waals surface area contributed by atoms with Crippen LogP contribution in [0.2, 0.25) is 5.02 Å². The molecule has 1 amide bonds. The zero-order valence-corrected chi connectivity index (χ0v) is 12.4. The van der Waals surface area contributed by atoms with Crippen LogP contribution in [0.15, 0.2) is 36.4 Å². The van der Waals surface area contributed by atoms with Crippen LogP contribution in [0.5, 0.6) is 5.75 Å². The Hall–Kier alpha value is -2.41. The maximum atomic E-state index is 13.1. The number of hydrogen-bond acceptors (Lipinski definition) is 3. The maximum absolute atomic E-state index is 13.1.